The molecule has 0 bridgehead atoms. The van der Waals surface area contributed by atoms with E-state index in [1.54, 1.807) is 17.0 Å². The maximum atomic E-state index is 12.6. The van der Waals surface area contributed by atoms with E-state index in [4.69, 9.17) is 11.6 Å². The lowest BCUT2D eigenvalue weighted by molar-refractivity contribution is -0.132. The fourth-order valence-electron chi connectivity index (χ4n) is 3.45. The molecule has 2 heterocycles. The molecule has 1 unspecified atom stereocenters. The molecule has 5 nitrogen and oxygen atoms in total. The van der Waals surface area contributed by atoms with Crippen LogP contribution in [0.15, 0.2) is 24.3 Å². The van der Waals surface area contributed by atoms with Crippen molar-refractivity contribution in [1.82, 2.24) is 10.6 Å². The van der Waals surface area contributed by atoms with E-state index in [9.17, 15) is 9.59 Å². The molecular weight excluding hydrogens is 361 g/mol. The molecule has 2 amide bonds. The quantitative estimate of drug-likeness (QED) is 0.783. The van der Waals surface area contributed by atoms with E-state index in [2.05, 4.69) is 17.6 Å². The molecule has 138 valence electrons. The molecule has 3 rings (SSSR count). The van der Waals surface area contributed by atoms with Crippen molar-refractivity contribution in [3.63, 3.8) is 0 Å². The summed E-state index contributed by atoms with van der Waals surface area (Å²) in [5, 5.41) is 6.93. The normalized spacial score (nSPS) is 22.4. The van der Waals surface area contributed by atoms with E-state index < -0.39 is 5.92 Å². The summed E-state index contributed by atoms with van der Waals surface area (Å²) in [5.41, 5.74) is 0.878. The number of nitrogens with one attached hydrogen (secondary N) is 2. The number of rotatable bonds is 4. The van der Waals surface area contributed by atoms with Crippen molar-refractivity contribution in [2.24, 2.45) is 11.3 Å². The second-order valence-electron chi connectivity index (χ2n) is 7.09. The van der Waals surface area contributed by atoms with Gasteiger partial charge in [-0.25, -0.2) is 0 Å². The van der Waals surface area contributed by atoms with Crippen molar-refractivity contribution in [2.45, 2.75) is 26.2 Å². The zero-order valence-corrected chi connectivity index (χ0v) is 16.0. The Kier molecular flexibility index (Phi) is 6.72. The average Bonchev–Trinajstić information content (AvgIpc) is 2.95. The first kappa shape index (κ1) is 20.0. The van der Waals surface area contributed by atoms with E-state index in [0.717, 1.165) is 31.6 Å². The zero-order valence-electron chi connectivity index (χ0n) is 14.4. The van der Waals surface area contributed by atoms with Crippen LogP contribution in [0.5, 0.6) is 0 Å². The van der Waals surface area contributed by atoms with Crippen molar-refractivity contribution in [1.29, 1.82) is 0 Å². The lowest BCUT2D eigenvalue weighted by Crippen LogP contribution is -2.45. The van der Waals surface area contributed by atoms with Crippen molar-refractivity contribution < 1.29 is 9.59 Å². The highest BCUT2D eigenvalue weighted by molar-refractivity contribution is 6.31. The Morgan fingerprint density at radius 3 is 2.80 bits per heavy atom. The predicted molar refractivity (Wildman–Crippen MR) is 102 cm³/mol. The number of anilines is 1. The van der Waals surface area contributed by atoms with Gasteiger partial charge in [-0.05, 0) is 56.0 Å². The van der Waals surface area contributed by atoms with E-state index >= 15 is 0 Å². The van der Waals surface area contributed by atoms with Crippen molar-refractivity contribution >= 4 is 41.5 Å². The smallest absolute Gasteiger partial charge is 0.239 e. The van der Waals surface area contributed by atoms with Crippen LogP contribution in [0, 0.1) is 11.3 Å². The van der Waals surface area contributed by atoms with Crippen LogP contribution in [0.25, 0.3) is 0 Å². The van der Waals surface area contributed by atoms with E-state index in [-0.39, 0.29) is 29.6 Å². The summed E-state index contributed by atoms with van der Waals surface area (Å²) in [5.74, 6) is -0.871. The molecule has 25 heavy (non-hydrogen) atoms. The van der Waals surface area contributed by atoms with Crippen LogP contribution in [0.4, 0.5) is 5.69 Å². The first-order valence-electron chi connectivity index (χ1n) is 8.54. The van der Waals surface area contributed by atoms with E-state index in [1.807, 2.05) is 12.1 Å². The van der Waals surface area contributed by atoms with Gasteiger partial charge in [-0.15, -0.1) is 12.4 Å². The summed E-state index contributed by atoms with van der Waals surface area (Å²) in [7, 11) is 0. The molecule has 2 aliphatic heterocycles. The zero-order chi connectivity index (χ0) is 17.2. The number of benzene rings is 1. The minimum atomic E-state index is -0.589. The van der Waals surface area contributed by atoms with Gasteiger partial charge in [0.25, 0.3) is 0 Å². The third-order valence-electron chi connectivity index (χ3n) is 5.14. The van der Waals surface area contributed by atoms with Gasteiger partial charge in [0.1, 0.15) is 5.92 Å². The molecule has 2 aliphatic rings. The number of nitrogens with zero attached hydrogens (tertiary/aromatic N) is 1. The SMILES string of the molecule is CC1(CNC(=O)C2CCN(c3cccc(Cl)c3)C2=O)CCNCC1.Cl. The standard InChI is InChI=1S/C18H24ClN3O2.ClH/c1-18(6-8-20-9-7-18)12-21-16(23)15-5-10-22(17(15)24)14-4-2-3-13(19)11-14;/h2-4,11,15,20H,5-10,12H2,1H3,(H,21,23);1H. The number of piperidine rings is 1. The summed E-state index contributed by atoms with van der Waals surface area (Å²) in [6.45, 7) is 5.35. The Balaban J connectivity index is 0.00000225. The molecule has 1 aromatic rings. The predicted octanol–water partition coefficient (Wildman–Crippen LogP) is 2.62. The minimum absolute atomic E-state index is 0. The summed E-state index contributed by atoms with van der Waals surface area (Å²) in [6.07, 6.45) is 2.64. The topological polar surface area (TPSA) is 61.4 Å². The molecule has 0 radical (unpaired) electrons. The van der Waals surface area contributed by atoms with Crippen LogP contribution in [-0.2, 0) is 9.59 Å². The van der Waals surface area contributed by atoms with Crippen LogP contribution < -0.4 is 15.5 Å². The highest BCUT2D eigenvalue weighted by Crippen LogP contribution is 2.29. The number of halogens is 2. The van der Waals surface area contributed by atoms with Gasteiger partial charge in [0.15, 0.2) is 0 Å². The second kappa shape index (κ2) is 8.39. The molecule has 2 N–H and O–H groups in total. The fourth-order valence-corrected chi connectivity index (χ4v) is 3.64. The largest absolute Gasteiger partial charge is 0.355 e. The number of carbonyl (C=O) groups excluding carboxylic acids is 2. The molecule has 7 heteroatoms. The van der Waals surface area contributed by atoms with Gasteiger partial charge in [-0.1, -0.05) is 24.6 Å². The fraction of sp³-hybridized carbons (Fsp3) is 0.556. The summed E-state index contributed by atoms with van der Waals surface area (Å²) in [6, 6.07) is 7.20. The molecule has 0 aromatic heterocycles. The average molecular weight is 386 g/mol. The first-order chi connectivity index (χ1) is 11.5. The third-order valence-corrected chi connectivity index (χ3v) is 5.38. The highest BCUT2D eigenvalue weighted by atomic mass is 35.5. The molecule has 2 saturated heterocycles. The second-order valence-corrected chi connectivity index (χ2v) is 7.53. The van der Waals surface area contributed by atoms with Crippen LogP contribution in [0.3, 0.4) is 0 Å². The molecule has 0 spiro atoms. The van der Waals surface area contributed by atoms with Gasteiger partial charge in [-0.3, -0.25) is 9.59 Å². The van der Waals surface area contributed by atoms with Gasteiger partial charge >= 0.3 is 0 Å². The monoisotopic (exact) mass is 385 g/mol. The molecule has 0 aliphatic carbocycles. The maximum absolute atomic E-state index is 12.6. The Labute approximate surface area is 159 Å². The minimum Gasteiger partial charge on any atom is -0.355 e. The van der Waals surface area contributed by atoms with Crippen molar-refractivity contribution in [3.05, 3.63) is 29.3 Å². The first-order valence-corrected chi connectivity index (χ1v) is 8.92. The number of amides is 2. The molecule has 1 aromatic carbocycles. The molecule has 1 atom stereocenters. The van der Waals surface area contributed by atoms with E-state index in [0.29, 0.717) is 24.5 Å². The molecular formula is C18H25Cl2N3O2. The maximum Gasteiger partial charge on any atom is 0.239 e. The molecule has 2 fully saturated rings. The molecule has 0 saturated carbocycles. The van der Waals surface area contributed by atoms with Gasteiger partial charge in [-0.2, -0.15) is 0 Å². The van der Waals surface area contributed by atoms with Gasteiger partial charge < -0.3 is 15.5 Å². The van der Waals surface area contributed by atoms with E-state index in [1.165, 1.54) is 0 Å². The summed E-state index contributed by atoms with van der Waals surface area (Å²) in [4.78, 5) is 26.7. The van der Waals surface area contributed by atoms with Crippen LogP contribution in [0.1, 0.15) is 26.2 Å². The number of hydrogen-bond donors (Lipinski definition) is 2. The van der Waals surface area contributed by atoms with Gasteiger partial charge in [0, 0.05) is 23.8 Å². The Morgan fingerprint density at radius 1 is 1.40 bits per heavy atom. The third kappa shape index (κ3) is 4.66. The number of carbonyl (C=O) groups is 2. The highest BCUT2D eigenvalue weighted by Gasteiger charge is 2.38. The van der Waals surface area contributed by atoms with Gasteiger partial charge in [0.05, 0.1) is 0 Å². The Bertz CT molecular complexity index is 633. The lowest BCUT2D eigenvalue weighted by Gasteiger charge is -2.34. The van der Waals surface area contributed by atoms with Crippen molar-refractivity contribution in [2.75, 3.05) is 31.1 Å². The summed E-state index contributed by atoms with van der Waals surface area (Å²) >= 11 is 6.00. The Hall–Kier alpha value is -1.30. The summed E-state index contributed by atoms with van der Waals surface area (Å²) < 4.78 is 0. The number of hydrogen-bond acceptors (Lipinski definition) is 3. The van der Waals surface area contributed by atoms with Crippen molar-refractivity contribution in [3.8, 4) is 0 Å². The van der Waals surface area contributed by atoms with Crippen LogP contribution in [0.2, 0.25) is 5.02 Å². The van der Waals surface area contributed by atoms with Gasteiger partial charge in [0.2, 0.25) is 11.8 Å². The van der Waals surface area contributed by atoms with Crippen LogP contribution >= 0.6 is 24.0 Å². The lowest BCUT2D eigenvalue weighted by atomic mass is 9.81. The van der Waals surface area contributed by atoms with Crippen LogP contribution in [-0.4, -0.2) is 38.0 Å². The Morgan fingerprint density at radius 2 is 2.12 bits per heavy atom.